The molecule has 1 aliphatic carbocycles. The number of hydrogen-bond acceptors (Lipinski definition) is 4. The lowest BCUT2D eigenvalue weighted by Gasteiger charge is -2.34. The van der Waals surface area contributed by atoms with E-state index in [1.807, 2.05) is 36.5 Å². The highest BCUT2D eigenvalue weighted by Gasteiger charge is 2.47. The van der Waals surface area contributed by atoms with Gasteiger partial charge < -0.3 is 4.90 Å². The van der Waals surface area contributed by atoms with Crippen LogP contribution >= 0.6 is 0 Å². The number of rotatable bonds is 4. The molecule has 0 spiro atoms. The normalized spacial score (nSPS) is 18.2. The minimum absolute atomic E-state index is 0.0928. The second-order valence-electron chi connectivity index (χ2n) is 8.73. The fourth-order valence-corrected chi connectivity index (χ4v) is 4.32. The molecule has 3 aromatic rings. The molecular weight excluding hydrogens is 372 g/mol. The van der Waals surface area contributed by atoms with Crippen LogP contribution in [-0.2, 0) is 4.79 Å². The Morgan fingerprint density at radius 3 is 2.40 bits per heavy atom. The summed E-state index contributed by atoms with van der Waals surface area (Å²) >= 11 is 0. The van der Waals surface area contributed by atoms with Crippen molar-refractivity contribution in [1.82, 2.24) is 19.9 Å². The number of benzene rings is 1. The molecule has 0 bridgehead atoms. The third-order valence-corrected chi connectivity index (χ3v) is 6.51. The van der Waals surface area contributed by atoms with Crippen molar-refractivity contribution in [3.8, 4) is 22.5 Å². The molecule has 2 aliphatic rings. The molecule has 2 aromatic heterocycles. The van der Waals surface area contributed by atoms with Gasteiger partial charge in [0.15, 0.2) is 5.82 Å². The maximum Gasteiger partial charge on any atom is 0.228 e. The van der Waals surface area contributed by atoms with Crippen LogP contribution < -0.4 is 0 Å². The summed E-state index contributed by atoms with van der Waals surface area (Å²) in [6, 6.07) is 14.2. The van der Waals surface area contributed by atoms with Gasteiger partial charge in [0.05, 0.1) is 5.69 Å². The van der Waals surface area contributed by atoms with E-state index >= 15 is 0 Å². The quantitative estimate of drug-likeness (QED) is 0.638. The lowest BCUT2D eigenvalue weighted by atomic mass is 9.88. The number of aromatic nitrogens is 3. The Balaban J connectivity index is 1.46. The molecule has 0 unspecified atom stereocenters. The number of amides is 1. The molecule has 0 atom stereocenters. The van der Waals surface area contributed by atoms with Crippen molar-refractivity contribution in [2.45, 2.75) is 38.5 Å². The van der Waals surface area contributed by atoms with E-state index in [-0.39, 0.29) is 5.41 Å². The van der Waals surface area contributed by atoms with Crippen molar-refractivity contribution in [3.05, 3.63) is 66.7 Å². The Morgan fingerprint density at radius 2 is 1.73 bits per heavy atom. The molecule has 1 saturated heterocycles. The second-order valence-corrected chi connectivity index (χ2v) is 8.73. The first-order valence-corrected chi connectivity index (χ1v) is 10.8. The van der Waals surface area contributed by atoms with Crippen molar-refractivity contribution < 1.29 is 4.79 Å². The van der Waals surface area contributed by atoms with Gasteiger partial charge in [-0.05, 0) is 43.4 Å². The summed E-state index contributed by atoms with van der Waals surface area (Å²) in [5, 5.41) is 0. The number of nitrogens with zero attached hydrogens (tertiary/aromatic N) is 4. The van der Waals surface area contributed by atoms with Crippen LogP contribution in [0.2, 0.25) is 0 Å². The summed E-state index contributed by atoms with van der Waals surface area (Å²) in [6.45, 7) is 3.71. The van der Waals surface area contributed by atoms with E-state index in [0.717, 1.165) is 61.2 Å². The van der Waals surface area contributed by atoms with E-state index < -0.39 is 0 Å². The first-order chi connectivity index (χ1) is 14.6. The third-order valence-electron chi connectivity index (χ3n) is 6.51. The number of carbonyl (C=O) groups excluding carboxylic acids is 1. The molecule has 5 nitrogen and oxygen atoms in total. The average molecular weight is 399 g/mol. The maximum atomic E-state index is 12.7. The van der Waals surface area contributed by atoms with Crippen LogP contribution in [0.4, 0.5) is 0 Å². The average Bonchev–Trinajstić information content (AvgIpc) is 3.58. The van der Waals surface area contributed by atoms with Gasteiger partial charge in [0.25, 0.3) is 0 Å². The van der Waals surface area contributed by atoms with Gasteiger partial charge >= 0.3 is 0 Å². The van der Waals surface area contributed by atoms with Crippen molar-refractivity contribution in [2.24, 2.45) is 5.41 Å². The molecule has 1 aliphatic heterocycles. The number of likely N-dealkylation sites (tertiary alicyclic amines) is 1. The van der Waals surface area contributed by atoms with Gasteiger partial charge in [-0.25, -0.2) is 9.97 Å². The molecule has 1 saturated carbocycles. The van der Waals surface area contributed by atoms with Crippen LogP contribution in [0.5, 0.6) is 0 Å². The number of hydrogen-bond donors (Lipinski definition) is 0. The first kappa shape index (κ1) is 18.9. The predicted octanol–water partition coefficient (Wildman–Crippen LogP) is 4.71. The molecule has 5 rings (SSSR count). The largest absolute Gasteiger partial charge is 0.342 e. The van der Waals surface area contributed by atoms with Gasteiger partial charge in [-0.2, -0.15) is 0 Å². The molecule has 1 aromatic carbocycles. The highest BCUT2D eigenvalue weighted by molar-refractivity contribution is 5.85. The standard InChI is InChI=1S/C25H26N4O/c1-25(11-12-25)24(30)29-14-9-19(10-15-29)22-21(18-6-3-2-4-7-18)17-27-23(28-22)20-8-5-13-26-16-20/h2-8,13,16-17,19H,9-12,14-15H2,1H3. The number of pyridine rings is 1. The smallest absolute Gasteiger partial charge is 0.228 e. The topological polar surface area (TPSA) is 59.0 Å². The fourth-order valence-electron chi connectivity index (χ4n) is 4.32. The van der Waals surface area contributed by atoms with Crippen LogP contribution in [0.15, 0.2) is 61.1 Å². The zero-order valence-electron chi connectivity index (χ0n) is 17.3. The Kier molecular flexibility index (Phi) is 4.81. The Bertz CT molecular complexity index is 1040. The summed E-state index contributed by atoms with van der Waals surface area (Å²) in [4.78, 5) is 28.7. The minimum Gasteiger partial charge on any atom is -0.342 e. The molecule has 0 N–H and O–H groups in total. The van der Waals surface area contributed by atoms with Crippen molar-refractivity contribution >= 4 is 5.91 Å². The lowest BCUT2D eigenvalue weighted by Crippen LogP contribution is -2.41. The molecule has 5 heteroatoms. The maximum absolute atomic E-state index is 12.7. The van der Waals surface area contributed by atoms with Crippen molar-refractivity contribution in [1.29, 1.82) is 0 Å². The SMILES string of the molecule is CC1(C(=O)N2CCC(c3nc(-c4cccnc4)ncc3-c3ccccc3)CC2)CC1. The molecular formula is C25H26N4O. The van der Waals surface area contributed by atoms with E-state index in [2.05, 4.69) is 33.9 Å². The summed E-state index contributed by atoms with van der Waals surface area (Å²) in [7, 11) is 0. The Labute approximate surface area is 177 Å². The second kappa shape index (κ2) is 7.63. The Hall–Kier alpha value is -3.08. The van der Waals surface area contributed by atoms with Gasteiger partial charge in [-0.1, -0.05) is 37.3 Å². The predicted molar refractivity (Wildman–Crippen MR) is 117 cm³/mol. The molecule has 152 valence electrons. The van der Waals surface area contributed by atoms with Crippen molar-refractivity contribution in [2.75, 3.05) is 13.1 Å². The molecule has 2 fully saturated rings. The zero-order chi connectivity index (χ0) is 20.6. The van der Waals surface area contributed by atoms with Crippen LogP contribution in [0, 0.1) is 5.41 Å². The Morgan fingerprint density at radius 1 is 1.00 bits per heavy atom. The van der Waals surface area contributed by atoms with Crippen LogP contribution in [0.25, 0.3) is 22.5 Å². The molecule has 1 amide bonds. The van der Waals surface area contributed by atoms with Gasteiger partial charge in [-0.15, -0.1) is 0 Å². The fraction of sp³-hybridized carbons (Fsp3) is 0.360. The lowest BCUT2D eigenvalue weighted by molar-refractivity contribution is -0.137. The minimum atomic E-state index is -0.0928. The molecule has 30 heavy (non-hydrogen) atoms. The summed E-state index contributed by atoms with van der Waals surface area (Å²) in [5.41, 5.74) is 4.13. The van der Waals surface area contributed by atoms with Gasteiger partial charge in [0.1, 0.15) is 0 Å². The third kappa shape index (κ3) is 3.60. The van der Waals surface area contributed by atoms with Gasteiger partial charge in [-0.3, -0.25) is 9.78 Å². The number of carbonyl (C=O) groups is 1. The highest BCUT2D eigenvalue weighted by Crippen LogP contribution is 2.47. The first-order valence-electron chi connectivity index (χ1n) is 10.8. The molecule has 3 heterocycles. The highest BCUT2D eigenvalue weighted by atomic mass is 16.2. The monoisotopic (exact) mass is 398 g/mol. The van der Waals surface area contributed by atoms with E-state index in [0.29, 0.717) is 17.6 Å². The van der Waals surface area contributed by atoms with Gasteiger partial charge in [0, 0.05) is 54.1 Å². The number of piperidine rings is 1. The zero-order valence-corrected chi connectivity index (χ0v) is 17.3. The summed E-state index contributed by atoms with van der Waals surface area (Å²) in [6.07, 6.45) is 9.45. The summed E-state index contributed by atoms with van der Waals surface area (Å²) < 4.78 is 0. The van der Waals surface area contributed by atoms with E-state index in [9.17, 15) is 4.79 Å². The van der Waals surface area contributed by atoms with Crippen LogP contribution in [0.1, 0.15) is 44.2 Å². The van der Waals surface area contributed by atoms with Crippen LogP contribution in [-0.4, -0.2) is 38.8 Å². The molecule has 0 radical (unpaired) electrons. The van der Waals surface area contributed by atoms with Crippen LogP contribution in [0.3, 0.4) is 0 Å². The van der Waals surface area contributed by atoms with E-state index in [4.69, 9.17) is 4.98 Å². The van der Waals surface area contributed by atoms with Crippen molar-refractivity contribution in [3.63, 3.8) is 0 Å². The summed E-state index contributed by atoms with van der Waals surface area (Å²) in [5.74, 6) is 1.36. The van der Waals surface area contributed by atoms with E-state index in [1.54, 1.807) is 12.4 Å². The van der Waals surface area contributed by atoms with Gasteiger partial charge in [0.2, 0.25) is 5.91 Å². The van der Waals surface area contributed by atoms with E-state index in [1.165, 1.54) is 0 Å².